The highest BCUT2D eigenvalue weighted by Gasteiger charge is 2.09. The largest absolute Gasteiger partial charge is 0.482 e. The first kappa shape index (κ1) is 17.7. The van der Waals surface area contributed by atoms with Gasteiger partial charge in [-0.25, -0.2) is 9.78 Å². The van der Waals surface area contributed by atoms with E-state index in [4.69, 9.17) is 9.47 Å². The lowest BCUT2D eigenvalue weighted by molar-refractivity contribution is -0.147. The fraction of sp³-hybridized carbons (Fsp3) is 0.250. The molecule has 2 heterocycles. The molecule has 0 N–H and O–H groups in total. The summed E-state index contributed by atoms with van der Waals surface area (Å²) in [5.74, 6) is 0.127. The number of hydrogen-bond acceptors (Lipinski definition) is 5. The fourth-order valence-electron chi connectivity index (χ4n) is 2.68. The van der Waals surface area contributed by atoms with Crippen molar-refractivity contribution in [1.29, 1.82) is 0 Å². The summed E-state index contributed by atoms with van der Waals surface area (Å²) in [5.41, 5.74) is 3.70. The van der Waals surface area contributed by atoms with Gasteiger partial charge in [-0.3, -0.25) is 9.20 Å². The molecule has 134 valence electrons. The average molecular weight is 352 g/mol. The number of ether oxygens (including phenoxy) is 2. The number of esters is 1. The second kappa shape index (κ2) is 7.39. The molecular weight excluding hydrogens is 332 g/mol. The van der Waals surface area contributed by atoms with Gasteiger partial charge in [0.2, 0.25) is 0 Å². The summed E-state index contributed by atoms with van der Waals surface area (Å²) in [7, 11) is 0. The van der Waals surface area contributed by atoms with Crippen LogP contribution in [0.3, 0.4) is 0 Å². The number of aryl methyl sites for hydroxylation is 3. The lowest BCUT2D eigenvalue weighted by Gasteiger charge is -2.10. The molecule has 2 aromatic heterocycles. The van der Waals surface area contributed by atoms with Crippen LogP contribution in [0.15, 0.2) is 47.4 Å². The number of aromatic nitrogens is 2. The van der Waals surface area contributed by atoms with Crippen molar-refractivity contribution >= 4 is 11.6 Å². The molecular formula is C20H20N2O4. The van der Waals surface area contributed by atoms with Crippen LogP contribution < -0.4 is 10.3 Å². The highest BCUT2D eigenvalue weighted by molar-refractivity contribution is 5.71. The normalized spacial score (nSPS) is 10.7. The van der Waals surface area contributed by atoms with Crippen molar-refractivity contribution in [2.75, 3.05) is 6.61 Å². The third kappa shape index (κ3) is 3.91. The Hall–Kier alpha value is -3.15. The van der Waals surface area contributed by atoms with Crippen molar-refractivity contribution in [2.24, 2.45) is 0 Å². The molecule has 6 nitrogen and oxygen atoms in total. The van der Waals surface area contributed by atoms with Crippen LogP contribution in [0.2, 0.25) is 0 Å². The first-order valence-electron chi connectivity index (χ1n) is 8.27. The molecule has 0 spiro atoms. The number of pyridine rings is 1. The van der Waals surface area contributed by atoms with Crippen LogP contribution in [0.4, 0.5) is 0 Å². The second-order valence-corrected chi connectivity index (χ2v) is 6.19. The summed E-state index contributed by atoms with van der Waals surface area (Å²) in [6, 6.07) is 10.7. The van der Waals surface area contributed by atoms with Gasteiger partial charge in [0.25, 0.3) is 5.56 Å². The zero-order valence-corrected chi connectivity index (χ0v) is 15.0. The van der Waals surface area contributed by atoms with Crippen molar-refractivity contribution in [3.63, 3.8) is 0 Å². The molecule has 0 aliphatic carbocycles. The summed E-state index contributed by atoms with van der Waals surface area (Å²) in [4.78, 5) is 28.4. The Morgan fingerprint density at radius 2 is 1.92 bits per heavy atom. The SMILES string of the molecule is Cc1ccc(OCC(=O)OCc2cc(=O)n3cccc(C)c3n2)c(C)c1. The van der Waals surface area contributed by atoms with Crippen LogP contribution >= 0.6 is 0 Å². The zero-order valence-electron chi connectivity index (χ0n) is 15.0. The van der Waals surface area contributed by atoms with Crippen LogP contribution in [-0.2, 0) is 16.1 Å². The van der Waals surface area contributed by atoms with Gasteiger partial charge < -0.3 is 9.47 Å². The Morgan fingerprint density at radius 3 is 2.69 bits per heavy atom. The van der Waals surface area contributed by atoms with E-state index in [1.807, 2.05) is 45.0 Å². The molecule has 3 aromatic rings. The summed E-state index contributed by atoms with van der Waals surface area (Å²) >= 11 is 0. The Labute approximate surface area is 151 Å². The minimum absolute atomic E-state index is 0.0743. The molecule has 26 heavy (non-hydrogen) atoms. The number of carbonyl (C=O) groups excluding carboxylic acids is 1. The predicted molar refractivity (Wildman–Crippen MR) is 97.4 cm³/mol. The van der Waals surface area contributed by atoms with E-state index in [0.29, 0.717) is 17.1 Å². The summed E-state index contributed by atoms with van der Waals surface area (Å²) in [6.07, 6.45) is 1.66. The second-order valence-electron chi connectivity index (χ2n) is 6.19. The van der Waals surface area contributed by atoms with Crippen LogP contribution in [0.25, 0.3) is 5.65 Å². The van der Waals surface area contributed by atoms with Gasteiger partial charge in [-0.05, 0) is 44.0 Å². The molecule has 0 fully saturated rings. The van der Waals surface area contributed by atoms with Crippen LogP contribution in [-0.4, -0.2) is 22.0 Å². The predicted octanol–water partition coefficient (Wildman–Crippen LogP) is 2.74. The fourth-order valence-corrected chi connectivity index (χ4v) is 2.68. The van der Waals surface area contributed by atoms with Gasteiger partial charge in [0.15, 0.2) is 6.61 Å². The maximum absolute atomic E-state index is 12.1. The number of benzene rings is 1. The van der Waals surface area contributed by atoms with Crippen molar-refractivity contribution < 1.29 is 14.3 Å². The van der Waals surface area contributed by atoms with E-state index in [2.05, 4.69) is 4.98 Å². The quantitative estimate of drug-likeness (QED) is 0.661. The third-order valence-corrected chi connectivity index (χ3v) is 4.00. The van der Waals surface area contributed by atoms with E-state index in [1.165, 1.54) is 10.5 Å². The molecule has 0 unspecified atom stereocenters. The average Bonchev–Trinajstić information content (AvgIpc) is 2.60. The molecule has 0 atom stereocenters. The summed E-state index contributed by atoms with van der Waals surface area (Å²) in [5, 5.41) is 0. The molecule has 1 aromatic carbocycles. The number of carbonyl (C=O) groups is 1. The summed E-state index contributed by atoms with van der Waals surface area (Å²) < 4.78 is 12.1. The van der Waals surface area contributed by atoms with Gasteiger partial charge in [0, 0.05) is 12.3 Å². The number of nitrogens with zero attached hydrogens (tertiary/aromatic N) is 2. The first-order chi connectivity index (χ1) is 12.4. The monoisotopic (exact) mass is 352 g/mol. The topological polar surface area (TPSA) is 69.9 Å². The Kier molecular flexibility index (Phi) is 5.02. The van der Waals surface area contributed by atoms with Crippen LogP contribution in [0.5, 0.6) is 5.75 Å². The number of fused-ring (bicyclic) bond motifs is 1. The van der Waals surface area contributed by atoms with E-state index in [-0.39, 0.29) is 18.8 Å². The van der Waals surface area contributed by atoms with E-state index < -0.39 is 5.97 Å². The number of hydrogen-bond donors (Lipinski definition) is 0. The molecule has 0 saturated carbocycles. The molecule has 6 heteroatoms. The molecule has 0 radical (unpaired) electrons. The minimum atomic E-state index is -0.517. The van der Waals surface area contributed by atoms with Crippen LogP contribution in [0, 0.1) is 20.8 Å². The number of rotatable bonds is 5. The van der Waals surface area contributed by atoms with Gasteiger partial charge >= 0.3 is 5.97 Å². The van der Waals surface area contributed by atoms with Crippen molar-refractivity contribution in [3.8, 4) is 5.75 Å². The molecule has 0 amide bonds. The van der Waals surface area contributed by atoms with Crippen molar-refractivity contribution in [3.05, 3.63) is 75.3 Å². The highest BCUT2D eigenvalue weighted by atomic mass is 16.6. The Balaban J connectivity index is 1.63. The third-order valence-electron chi connectivity index (χ3n) is 4.00. The zero-order chi connectivity index (χ0) is 18.7. The van der Waals surface area contributed by atoms with Crippen LogP contribution in [0.1, 0.15) is 22.4 Å². The van der Waals surface area contributed by atoms with E-state index in [1.54, 1.807) is 12.3 Å². The molecule has 0 aliphatic rings. The van der Waals surface area contributed by atoms with Gasteiger partial charge in [-0.15, -0.1) is 0 Å². The molecule has 0 bridgehead atoms. The lowest BCUT2D eigenvalue weighted by atomic mass is 10.1. The maximum atomic E-state index is 12.1. The van der Waals surface area contributed by atoms with Crippen molar-refractivity contribution in [1.82, 2.24) is 9.38 Å². The molecule has 3 rings (SSSR count). The highest BCUT2D eigenvalue weighted by Crippen LogP contribution is 2.18. The maximum Gasteiger partial charge on any atom is 0.344 e. The Morgan fingerprint density at radius 1 is 1.12 bits per heavy atom. The van der Waals surface area contributed by atoms with Gasteiger partial charge in [0.05, 0.1) is 5.69 Å². The van der Waals surface area contributed by atoms with E-state index in [9.17, 15) is 9.59 Å². The molecule has 0 aliphatic heterocycles. The van der Waals surface area contributed by atoms with Gasteiger partial charge in [0.1, 0.15) is 18.0 Å². The Bertz CT molecular complexity index is 1020. The molecule has 0 saturated heterocycles. The van der Waals surface area contributed by atoms with Gasteiger partial charge in [-0.1, -0.05) is 23.8 Å². The van der Waals surface area contributed by atoms with E-state index >= 15 is 0 Å². The lowest BCUT2D eigenvalue weighted by Crippen LogP contribution is -2.19. The smallest absolute Gasteiger partial charge is 0.344 e. The van der Waals surface area contributed by atoms with E-state index in [0.717, 1.165) is 16.7 Å². The van der Waals surface area contributed by atoms with Gasteiger partial charge in [-0.2, -0.15) is 0 Å². The first-order valence-corrected chi connectivity index (χ1v) is 8.27. The van der Waals surface area contributed by atoms with Crippen molar-refractivity contribution in [2.45, 2.75) is 27.4 Å². The minimum Gasteiger partial charge on any atom is -0.482 e. The standard InChI is InChI=1S/C20H20N2O4/c1-13-6-7-17(15(3)9-13)25-12-19(24)26-11-16-10-18(23)22-8-4-5-14(2)20(22)21-16/h4-10H,11-12H2,1-3H3. The summed E-state index contributed by atoms with van der Waals surface area (Å²) in [6.45, 7) is 5.51.